The van der Waals surface area contributed by atoms with Crippen molar-refractivity contribution in [2.45, 2.75) is 19.3 Å². The number of fused-ring (bicyclic) bond motifs is 1. The first-order valence-corrected chi connectivity index (χ1v) is 7.45. The molecule has 0 aliphatic carbocycles. The average molecular weight is 305 g/mol. The van der Waals surface area contributed by atoms with E-state index in [-0.39, 0.29) is 0 Å². The van der Waals surface area contributed by atoms with Crippen LogP contribution >= 0.6 is 23.2 Å². The van der Waals surface area contributed by atoms with E-state index in [0.29, 0.717) is 10.9 Å². The summed E-state index contributed by atoms with van der Waals surface area (Å²) in [4.78, 5) is 4.73. The molecule has 102 valence electrons. The fourth-order valence-corrected chi connectivity index (χ4v) is 2.77. The van der Waals surface area contributed by atoms with Gasteiger partial charge in [-0.2, -0.15) is 0 Å². The number of nitrogens with zero attached hydrogens (tertiary/aromatic N) is 2. The topological polar surface area (TPSA) is 17.8 Å². The lowest BCUT2D eigenvalue weighted by Crippen LogP contribution is -1.97. The summed E-state index contributed by atoms with van der Waals surface area (Å²) in [5.74, 6) is 1.46. The third-order valence-corrected chi connectivity index (χ3v) is 3.91. The van der Waals surface area contributed by atoms with Crippen LogP contribution in [0.1, 0.15) is 12.5 Å². The SMILES string of the molecule is CCn1c(-c2cccc(CCl)c2)nc2cc(Cl)ccc21. The van der Waals surface area contributed by atoms with E-state index in [0.717, 1.165) is 34.5 Å². The molecule has 1 aromatic heterocycles. The van der Waals surface area contributed by atoms with E-state index in [1.165, 1.54) is 0 Å². The summed E-state index contributed by atoms with van der Waals surface area (Å²) in [6.45, 7) is 2.98. The van der Waals surface area contributed by atoms with Gasteiger partial charge >= 0.3 is 0 Å². The standard InChI is InChI=1S/C16H14Cl2N2/c1-2-20-15-7-6-13(18)9-14(15)19-16(20)12-5-3-4-11(8-12)10-17/h3-9H,2,10H2,1H3. The molecule has 4 heteroatoms. The van der Waals surface area contributed by atoms with E-state index in [1.807, 2.05) is 30.3 Å². The number of aromatic nitrogens is 2. The summed E-state index contributed by atoms with van der Waals surface area (Å²) in [5.41, 5.74) is 4.20. The Hall–Kier alpha value is -1.51. The molecule has 0 radical (unpaired) electrons. The Kier molecular flexibility index (Phi) is 3.68. The van der Waals surface area contributed by atoms with Crippen molar-refractivity contribution in [2.75, 3.05) is 0 Å². The van der Waals surface area contributed by atoms with Gasteiger partial charge in [-0.25, -0.2) is 4.98 Å². The number of imidazole rings is 1. The molecule has 0 aliphatic heterocycles. The van der Waals surface area contributed by atoms with Crippen LogP contribution in [0.5, 0.6) is 0 Å². The molecule has 2 nitrogen and oxygen atoms in total. The molecule has 0 fully saturated rings. The lowest BCUT2D eigenvalue weighted by Gasteiger charge is -2.07. The van der Waals surface area contributed by atoms with Gasteiger partial charge in [0.2, 0.25) is 0 Å². The molecule has 0 atom stereocenters. The van der Waals surface area contributed by atoms with Crippen molar-refractivity contribution >= 4 is 34.2 Å². The number of aryl methyl sites for hydroxylation is 1. The number of hydrogen-bond donors (Lipinski definition) is 0. The molecule has 2 aromatic carbocycles. The van der Waals surface area contributed by atoms with E-state index >= 15 is 0 Å². The fraction of sp³-hybridized carbons (Fsp3) is 0.188. The summed E-state index contributed by atoms with van der Waals surface area (Å²) in [7, 11) is 0. The molecule has 0 amide bonds. The lowest BCUT2D eigenvalue weighted by molar-refractivity contribution is 0.796. The summed E-state index contributed by atoms with van der Waals surface area (Å²) in [6.07, 6.45) is 0. The lowest BCUT2D eigenvalue weighted by atomic mass is 10.1. The molecular formula is C16H14Cl2N2. The normalized spacial score (nSPS) is 11.2. The second kappa shape index (κ2) is 5.47. The van der Waals surface area contributed by atoms with Crippen LogP contribution in [-0.2, 0) is 12.4 Å². The molecule has 0 bridgehead atoms. The molecule has 1 heterocycles. The van der Waals surface area contributed by atoms with Crippen LogP contribution in [0.25, 0.3) is 22.4 Å². The van der Waals surface area contributed by atoms with Gasteiger partial charge in [-0.3, -0.25) is 0 Å². The third-order valence-electron chi connectivity index (χ3n) is 3.37. The van der Waals surface area contributed by atoms with Crippen molar-refractivity contribution in [3.8, 4) is 11.4 Å². The summed E-state index contributed by atoms with van der Waals surface area (Å²) in [5, 5.41) is 0.708. The minimum absolute atomic E-state index is 0.506. The van der Waals surface area contributed by atoms with Crippen molar-refractivity contribution in [3.05, 3.63) is 53.1 Å². The van der Waals surface area contributed by atoms with Crippen LogP contribution in [0, 0.1) is 0 Å². The van der Waals surface area contributed by atoms with Gasteiger partial charge in [-0.05, 0) is 36.8 Å². The van der Waals surface area contributed by atoms with Gasteiger partial charge in [0, 0.05) is 23.0 Å². The van der Waals surface area contributed by atoms with Crippen LogP contribution in [0.4, 0.5) is 0 Å². The second-order valence-corrected chi connectivity index (χ2v) is 5.35. The van der Waals surface area contributed by atoms with Crippen LogP contribution in [0.3, 0.4) is 0 Å². The largest absolute Gasteiger partial charge is 0.324 e. The van der Waals surface area contributed by atoms with Gasteiger partial charge in [0.05, 0.1) is 11.0 Å². The number of alkyl halides is 1. The predicted molar refractivity (Wildman–Crippen MR) is 85.4 cm³/mol. The first-order chi connectivity index (χ1) is 9.72. The molecule has 3 aromatic rings. The molecule has 0 N–H and O–H groups in total. The molecule has 0 saturated heterocycles. The quantitative estimate of drug-likeness (QED) is 0.614. The maximum absolute atomic E-state index is 6.05. The number of hydrogen-bond acceptors (Lipinski definition) is 1. The highest BCUT2D eigenvalue weighted by Gasteiger charge is 2.12. The second-order valence-electron chi connectivity index (χ2n) is 4.65. The average Bonchev–Trinajstić information content (AvgIpc) is 2.84. The highest BCUT2D eigenvalue weighted by Crippen LogP contribution is 2.27. The van der Waals surface area contributed by atoms with Crippen LogP contribution in [0.2, 0.25) is 5.02 Å². The monoisotopic (exact) mass is 304 g/mol. The Morgan fingerprint density at radius 2 is 2.00 bits per heavy atom. The maximum atomic E-state index is 6.05. The first kappa shape index (κ1) is 13.5. The predicted octanol–water partition coefficient (Wildman–Crippen LogP) is 5.12. The minimum Gasteiger partial charge on any atom is -0.324 e. The zero-order valence-corrected chi connectivity index (χ0v) is 12.6. The number of halogens is 2. The van der Waals surface area contributed by atoms with Gasteiger partial charge in [0.25, 0.3) is 0 Å². The minimum atomic E-state index is 0.506. The van der Waals surface area contributed by atoms with Crippen molar-refractivity contribution in [1.29, 1.82) is 0 Å². The smallest absolute Gasteiger partial charge is 0.141 e. The molecule has 20 heavy (non-hydrogen) atoms. The summed E-state index contributed by atoms with van der Waals surface area (Å²) >= 11 is 12.0. The van der Waals surface area contributed by atoms with Crippen molar-refractivity contribution in [2.24, 2.45) is 0 Å². The number of rotatable bonds is 3. The first-order valence-electron chi connectivity index (χ1n) is 6.54. The van der Waals surface area contributed by atoms with Crippen molar-refractivity contribution < 1.29 is 0 Å². The summed E-state index contributed by atoms with van der Waals surface area (Å²) < 4.78 is 2.19. The molecule has 0 unspecified atom stereocenters. The molecule has 0 saturated carbocycles. The Bertz CT molecular complexity index is 762. The Morgan fingerprint density at radius 3 is 2.75 bits per heavy atom. The van der Waals surface area contributed by atoms with E-state index in [4.69, 9.17) is 28.2 Å². The molecule has 0 spiro atoms. The Labute approximate surface area is 128 Å². The fourth-order valence-electron chi connectivity index (χ4n) is 2.44. The third kappa shape index (κ3) is 2.30. The van der Waals surface area contributed by atoms with Crippen molar-refractivity contribution in [3.63, 3.8) is 0 Å². The highest BCUT2D eigenvalue weighted by atomic mass is 35.5. The van der Waals surface area contributed by atoms with E-state index in [1.54, 1.807) is 0 Å². The zero-order valence-electron chi connectivity index (χ0n) is 11.1. The van der Waals surface area contributed by atoms with Gasteiger partial charge in [-0.1, -0.05) is 29.8 Å². The summed E-state index contributed by atoms with van der Waals surface area (Å²) in [6, 6.07) is 14.0. The Morgan fingerprint density at radius 1 is 1.15 bits per heavy atom. The van der Waals surface area contributed by atoms with Crippen molar-refractivity contribution in [1.82, 2.24) is 9.55 Å². The van der Waals surface area contributed by atoms with Crippen LogP contribution in [0.15, 0.2) is 42.5 Å². The molecule has 0 aliphatic rings. The van der Waals surface area contributed by atoms with E-state index in [2.05, 4.69) is 23.6 Å². The van der Waals surface area contributed by atoms with Gasteiger partial charge in [-0.15, -0.1) is 11.6 Å². The zero-order chi connectivity index (χ0) is 14.1. The number of benzene rings is 2. The van der Waals surface area contributed by atoms with Crippen LogP contribution in [-0.4, -0.2) is 9.55 Å². The molecular weight excluding hydrogens is 291 g/mol. The highest BCUT2D eigenvalue weighted by molar-refractivity contribution is 6.31. The Balaban J connectivity index is 2.24. The maximum Gasteiger partial charge on any atom is 0.141 e. The van der Waals surface area contributed by atoms with Gasteiger partial charge < -0.3 is 4.57 Å². The van der Waals surface area contributed by atoms with E-state index in [9.17, 15) is 0 Å². The van der Waals surface area contributed by atoms with Gasteiger partial charge in [0.15, 0.2) is 0 Å². The molecule has 3 rings (SSSR count). The van der Waals surface area contributed by atoms with Gasteiger partial charge in [0.1, 0.15) is 5.82 Å². The van der Waals surface area contributed by atoms with Crippen LogP contribution < -0.4 is 0 Å². The van der Waals surface area contributed by atoms with E-state index < -0.39 is 0 Å².